The van der Waals surface area contributed by atoms with Crippen LogP contribution in [0, 0.1) is 5.92 Å². The van der Waals surface area contributed by atoms with Crippen LogP contribution in [0.4, 0.5) is 5.82 Å². The van der Waals surface area contributed by atoms with Crippen LogP contribution in [0.5, 0.6) is 0 Å². The zero-order valence-corrected chi connectivity index (χ0v) is 13.7. The van der Waals surface area contributed by atoms with Gasteiger partial charge in [0.1, 0.15) is 0 Å². The third kappa shape index (κ3) is 4.64. The molecule has 0 saturated carbocycles. The maximum atomic E-state index is 11.6. The Kier molecular flexibility index (Phi) is 5.16. The van der Waals surface area contributed by atoms with Crippen LogP contribution < -0.4 is 10.2 Å². The molecule has 0 aromatic carbocycles. The first-order valence-electron chi connectivity index (χ1n) is 7.38. The molecular weight excluding hydrogens is 288 g/mol. The lowest BCUT2D eigenvalue weighted by atomic mass is 10.2. The highest BCUT2D eigenvalue weighted by atomic mass is 32.2. The van der Waals surface area contributed by atoms with E-state index in [1.165, 1.54) is 0 Å². The normalized spacial score (nSPS) is 21.7. The Morgan fingerprint density at radius 2 is 2.14 bits per heavy atom. The molecule has 0 spiro atoms. The van der Waals surface area contributed by atoms with E-state index in [0.717, 1.165) is 18.1 Å². The Morgan fingerprint density at radius 1 is 1.38 bits per heavy atom. The molecule has 1 N–H and O–H groups in total. The van der Waals surface area contributed by atoms with Gasteiger partial charge in [0.15, 0.2) is 15.7 Å². The lowest BCUT2D eigenvalue weighted by Crippen LogP contribution is -2.47. The fourth-order valence-corrected chi connectivity index (χ4v) is 3.98. The summed E-state index contributed by atoms with van der Waals surface area (Å²) in [4.78, 5) is 2.01. The van der Waals surface area contributed by atoms with Crippen LogP contribution in [0.2, 0.25) is 0 Å². The minimum atomic E-state index is -2.90. The number of anilines is 1. The second-order valence-corrected chi connectivity index (χ2v) is 8.29. The molecule has 0 radical (unpaired) electrons. The Labute approximate surface area is 126 Å². The van der Waals surface area contributed by atoms with Gasteiger partial charge in [-0.15, -0.1) is 5.10 Å². The Balaban J connectivity index is 1.96. The largest absolute Gasteiger partial charge is 0.350 e. The summed E-state index contributed by atoms with van der Waals surface area (Å²) in [6.45, 7) is 8.38. The number of sulfone groups is 1. The van der Waals surface area contributed by atoms with Crippen molar-refractivity contribution >= 4 is 15.7 Å². The summed E-state index contributed by atoms with van der Waals surface area (Å²) in [5, 5.41) is 11.8. The number of nitrogens with one attached hydrogen (secondary N) is 1. The van der Waals surface area contributed by atoms with Gasteiger partial charge >= 0.3 is 0 Å². The molecule has 1 fully saturated rings. The maximum absolute atomic E-state index is 11.6. The quantitative estimate of drug-likeness (QED) is 0.868. The van der Waals surface area contributed by atoms with E-state index in [4.69, 9.17) is 0 Å². The van der Waals surface area contributed by atoms with Crippen molar-refractivity contribution in [3.63, 3.8) is 0 Å². The van der Waals surface area contributed by atoms with E-state index in [1.54, 1.807) is 0 Å². The van der Waals surface area contributed by atoms with Crippen LogP contribution in [0.3, 0.4) is 0 Å². The molecule has 1 aromatic rings. The van der Waals surface area contributed by atoms with Crippen LogP contribution in [0.25, 0.3) is 0 Å². The fraction of sp³-hybridized carbons (Fsp3) is 0.714. The third-order valence-electron chi connectivity index (χ3n) is 3.53. The minimum Gasteiger partial charge on any atom is -0.350 e. The van der Waals surface area contributed by atoms with Gasteiger partial charge in [-0.2, -0.15) is 5.10 Å². The highest BCUT2D eigenvalue weighted by Crippen LogP contribution is 2.18. The van der Waals surface area contributed by atoms with Crippen molar-refractivity contribution in [2.24, 2.45) is 5.92 Å². The smallest absolute Gasteiger partial charge is 0.154 e. The zero-order valence-electron chi connectivity index (χ0n) is 12.9. The fourth-order valence-electron chi connectivity index (χ4n) is 2.43. The second kappa shape index (κ2) is 6.70. The second-order valence-electron chi connectivity index (χ2n) is 6.06. The molecule has 1 saturated heterocycles. The molecule has 2 heterocycles. The molecular formula is C14H24N4O2S. The van der Waals surface area contributed by atoms with Crippen LogP contribution in [-0.2, 0) is 16.4 Å². The Bertz CT molecular complexity index is 557. The Hall–Kier alpha value is -1.21. The van der Waals surface area contributed by atoms with Gasteiger partial charge in [-0.05, 0) is 31.5 Å². The highest BCUT2D eigenvalue weighted by molar-refractivity contribution is 7.91. The monoisotopic (exact) mass is 312 g/mol. The molecule has 1 aliphatic rings. The van der Waals surface area contributed by atoms with Gasteiger partial charge in [-0.1, -0.05) is 13.8 Å². The van der Waals surface area contributed by atoms with Crippen molar-refractivity contribution in [2.75, 3.05) is 29.5 Å². The molecule has 0 bridgehead atoms. The van der Waals surface area contributed by atoms with Crippen LogP contribution >= 0.6 is 0 Å². The van der Waals surface area contributed by atoms with E-state index in [-0.39, 0.29) is 17.5 Å². The van der Waals surface area contributed by atoms with Crippen molar-refractivity contribution in [1.29, 1.82) is 0 Å². The molecule has 21 heavy (non-hydrogen) atoms. The van der Waals surface area contributed by atoms with Gasteiger partial charge in [0.05, 0.1) is 17.2 Å². The molecule has 1 unspecified atom stereocenters. The highest BCUT2D eigenvalue weighted by Gasteiger charge is 2.28. The predicted octanol–water partition coefficient (Wildman–Crippen LogP) is 0.845. The number of aromatic nitrogens is 2. The van der Waals surface area contributed by atoms with Crippen LogP contribution in [-0.4, -0.2) is 49.3 Å². The van der Waals surface area contributed by atoms with Crippen molar-refractivity contribution in [3.8, 4) is 0 Å². The van der Waals surface area contributed by atoms with Gasteiger partial charge in [0.2, 0.25) is 0 Å². The molecule has 2 rings (SSSR count). The first kappa shape index (κ1) is 16.2. The van der Waals surface area contributed by atoms with E-state index < -0.39 is 9.84 Å². The van der Waals surface area contributed by atoms with Crippen molar-refractivity contribution in [3.05, 3.63) is 17.8 Å². The predicted molar refractivity (Wildman–Crippen MR) is 84.0 cm³/mol. The maximum Gasteiger partial charge on any atom is 0.154 e. The molecule has 0 aliphatic carbocycles. The van der Waals surface area contributed by atoms with E-state index >= 15 is 0 Å². The third-order valence-corrected chi connectivity index (χ3v) is 5.32. The summed E-state index contributed by atoms with van der Waals surface area (Å²) in [6, 6.07) is 3.82. The minimum absolute atomic E-state index is 0.0528. The SMILES string of the molecule is CC(C)CNCc1ccc(N2CCS(=O)(=O)CC2C)nn1. The lowest BCUT2D eigenvalue weighted by molar-refractivity contribution is 0.545. The number of nitrogens with zero attached hydrogens (tertiary/aromatic N) is 3. The number of rotatable bonds is 5. The summed E-state index contributed by atoms with van der Waals surface area (Å²) in [6.07, 6.45) is 0. The van der Waals surface area contributed by atoms with Crippen molar-refractivity contribution in [2.45, 2.75) is 33.4 Å². The van der Waals surface area contributed by atoms with Gasteiger partial charge in [-0.25, -0.2) is 8.42 Å². The van der Waals surface area contributed by atoms with Gasteiger partial charge in [-0.3, -0.25) is 0 Å². The summed E-state index contributed by atoms with van der Waals surface area (Å²) in [5.41, 5.74) is 0.900. The van der Waals surface area contributed by atoms with E-state index in [9.17, 15) is 8.42 Å². The summed E-state index contributed by atoms with van der Waals surface area (Å²) in [7, 11) is -2.90. The molecule has 118 valence electrons. The topological polar surface area (TPSA) is 75.2 Å². The van der Waals surface area contributed by atoms with Crippen LogP contribution in [0.15, 0.2) is 12.1 Å². The first-order valence-corrected chi connectivity index (χ1v) is 9.20. The molecule has 6 nitrogen and oxygen atoms in total. The van der Waals surface area contributed by atoms with E-state index in [1.807, 2.05) is 24.0 Å². The molecule has 1 atom stereocenters. The molecule has 0 amide bonds. The standard InChI is InChI=1S/C14H24N4O2S/c1-11(2)8-15-9-13-4-5-14(17-16-13)18-6-7-21(19,20)10-12(18)3/h4-5,11-12,15H,6-10H2,1-3H3. The molecule has 7 heteroatoms. The van der Waals surface area contributed by atoms with Crippen LogP contribution in [0.1, 0.15) is 26.5 Å². The van der Waals surface area contributed by atoms with E-state index in [0.29, 0.717) is 19.0 Å². The zero-order chi connectivity index (χ0) is 15.5. The van der Waals surface area contributed by atoms with Gasteiger partial charge in [0, 0.05) is 19.1 Å². The molecule has 1 aliphatic heterocycles. The van der Waals surface area contributed by atoms with Crippen molar-refractivity contribution in [1.82, 2.24) is 15.5 Å². The average molecular weight is 312 g/mol. The Morgan fingerprint density at radius 3 is 2.71 bits per heavy atom. The van der Waals surface area contributed by atoms with Gasteiger partial charge in [0.25, 0.3) is 0 Å². The summed E-state index contributed by atoms with van der Waals surface area (Å²) < 4.78 is 23.2. The van der Waals surface area contributed by atoms with Gasteiger partial charge < -0.3 is 10.2 Å². The summed E-state index contributed by atoms with van der Waals surface area (Å²) >= 11 is 0. The number of hydrogen-bond acceptors (Lipinski definition) is 6. The average Bonchev–Trinajstić information content (AvgIpc) is 2.38. The number of hydrogen-bond donors (Lipinski definition) is 1. The first-order chi connectivity index (χ1) is 9.87. The lowest BCUT2D eigenvalue weighted by Gasteiger charge is -2.33. The van der Waals surface area contributed by atoms with Crippen molar-refractivity contribution < 1.29 is 8.42 Å². The molecule has 1 aromatic heterocycles. The summed E-state index contributed by atoms with van der Waals surface area (Å²) in [5.74, 6) is 1.74. The van der Waals surface area contributed by atoms with E-state index in [2.05, 4.69) is 29.4 Å².